The number of rotatable bonds is 9. The highest BCUT2D eigenvalue weighted by Crippen LogP contribution is 2.29. The lowest BCUT2D eigenvalue weighted by Gasteiger charge is -2.12. The maximum Gasteiger partial charge on any atom is 0.234 e. The molecule has 0 aliphatic carbocycles. The van der Waals surface area contributed by atoms with E-state index in [4.69, 9.17) is 10.00 Å². The molecule has 7 nitrogen and oxygen atoms in total. The van der Waals surface area contributed by atoms with Crippen LogP contribution < -0.4 is 10.6 Å². The minimum absolute atomic E-state index is 0.106. The second-order valence-corrected chi connectivity index (χ2v) is 8.31. The Morgan fingerprint density at radius 2 is 2.08 bits per heavy atom. The number of nitrogens with one attached hydrogen (secondary N) is 2. The third-order valence-electron chi connectivity index (χ3n) is 3.25. The maximum absolute atomic E-state index is 12.3. The summed E-state index contributed by atoms with van der Waals surface area (Å²) >= 11 is 3.86. The summed E-state index contributed by atoms with van der Waals surface area (Å²) in [6, 6.07) is 3.79. The van der Waals surface area contributed by atoms with Crippen molar-refractivity contribution in [2.24, 2.45) is 0 Å². The molecule has 1 amide bonds. The van der Waals surface area contributed by atoms with Gasteiger partial charge in [0.2, 0.25) is 11.0 Å². The Bertz CT molecular complexity index is 780. The second kappa shape index (κ2) is 10.4. The fourth-order valence-corrected chi connectivity index (χ4v) is 4.29. The summed E-state index contributed by atoms with van der Waals surface area (Å²) in [6.07, 6.45) is 0. The highest BCUT2D eigenvalue weighted by atomic mass is 32.2. The summed E-state index contributed by atoms with van der Waals surface area (Å²) in [5.74, 6) is 0.145. The molecule has 0 radical (unpaired) electrons. The topological polar surface area (TPSA) is 99.9 Å². The summed E-state index contributed by atoms with van der Waals surface area (Å²) < 4.78 is 5.70. The molecule has 1 heterocycles. The first-order valence-corrected chi connectivity index (χ1v) is 10.3. The van der Waals surface area contributed by atoms with Crippen LogP contribution in [0, 0.1) is 24.5 Å². The molecule has 0 unspecified atom stereocenters. The van der Waals surface area contributed by atoms with E-state index in [0.717, 1.165) is 37.8 Å². The van der Waals surface area contributed by atoms with Crippen LogP contribution in [0.2, 0.25) is 0 Å². The molecule has 0 aliphatic heterocycles. The second-order valence-electron chi connectivity index (χ2n) is 5.25. The quantitative estimate of drug-likeness (QED) is 0.369. The zero-order valence-electron chi connectivity index (χ0n) is 14.7. The van der Waals surface area contributed by atoms with Crippen molar-refractivity contribution in [1.82, 2.24) is 10.2 Å². The van der Waals surface area contributed by atoms with E-state index < -0.39 is 0 Å². The number of nitriles is 1. The molecule has 10 heteroatoms. The number of thioether (sulfide) groups is 2. The van der Waals surface area contributed by atoms with E-state index in [1.807, 2.05) is 26.0 Å². The van der Waals surface area contributed by atoms with Crippen LogP contribution in [0.3, 0.4) is 0 Å². The average molecular weight is 410 g/mol. The minimum Gasteiger partial charge on any atom is -0.383 e. The summed E-state index contributed by atoms with van der Waals surface area (Å²) in [4.78, 5) is 13.1. The Kier molecular flexibility index (Phi) is 8.18. The van der Waals surface area contributed by atoms with Crippen molar-refractivity contribution < 1.29 is 9.53 Å². The van der Waals surface area contributed by atoms with Gasteiger partial charge in [-0.05, 0) is 48.9 Å². The van der Waals surface area contributed by atoms with Crippen molar-refractivity contribution in [1.29, 1.82) is 5.26 Å². The lowest BCUT2D eigenvalue weighted by atomic mass is 10.1. The van der Waals surface area contributed by atoms with Crippen molar-refractivity contribution >= 4 is 51.6 Å². The number of hydrogen-bond acceptors (Lipinski definition) is 9. The number of aromatic nitrogens is 2. The molecule has 1 aromatic heterocycles. The van der Waals surface area contributed by atoms with Crippen molar-refractivity contribution in [3.05, 3.63) is 23.3 Å². The number of carbonyl (C=O) groups is 1. The van der Waals surface area contributed by atoms with E-state index in [-0.39, 0.29) is 11.7 Å². The van der Waals surface area contributed by atoms with Gasteiger partial charge in [-0.3, -0.25) is 4.79 Å². The molecule has 2 N–H and O–H groups in total. The van der Waals surface area contributed by atoms with Gasteiger partial charge in [-0.1, -0.05) is 23.1 Å². The first-order valence-electron chi connectivity index (χ1n) is 7.69. The molecule has 0 spiro atoms. The van der Waals surface area contributed by atoms with Crippen molar-refractivity contribution in [2.75, 3.05) is 36.6 Å². The summed E-state index contributed by atoms with van der Waals surface area (Å²) in [5.41, 5.74) is 2.65. The van der Waals surface area contributed by atoms with Crippen molar-refractivity contribution in [3.8, 4) is 5.40 Å². The van der Waals surface area contributed by atoms with Crippen LogP contribution in [-0.4, -0.2) is 42.1 Å². The van der Waals surface area contributed by atoms with Gasteiger partial charge in [0.1, 0.15) is 5.40 Å². The lowest BCUT2D eigenvalue weighted by molar-refractivity contribution is -0.113. The van der Waals surface area contributed by atoms with Crippen molar-refractivity contribution in [3.63, 3.8) is 0 Å². The van der Waals surface area contributed by atoms with Gasteiger partial charge >= 0.3 is 0 Å². The molecule has 0 fully saturated rings. The number of nitrogens with zero attached hydrogens (tertiary/aromatic N) is 3. The Morgan fingerprint density at radius 1 is 1.35 bits per heavy atom. The normalized spacial score (nSPS) is 10.4. The number of carbonyl (C=O) groups excluding carboxylic acids is 1. The fourth-order valence-electron chi connectivity index (χ4n) is 2.13. The Balaban J connectivity index is 1.88. The molecule has 0 saturated carbocycles. The van der Waals surface area contributed by atoms with Crippen LogP contribution in [0.1, 0.15) is 11.1 Å². The third-order valence-corrected chi connectivity index (χ3v) is 5.83. The molecule has 0 aliphatic rings. The molecule has 26 heavy (non-hydrogen) atoms. The number of hydrogen-bond donors (Lipinski definition) is 2. The smallest absolute Gasteiger partial charge is 0.234 e. The minimum atomic E-state index is -0.106. The maximum atomic E-state index is 12.3. The van der Waals surface area contributed by atoms with Crippen LogP contribution in [0.25, 0.3) is 0 Å². The average Bonchev–Trinajstić information content (AvgIpc) is 3.05. The van der Waals surface area contributed by atoms with Gasteiger partial charge < -0.3 is 15.4 Å². The van der Waals surface area contributed by atoms with E-state index in [1.165, 1.54) is 23.1 Å². The summed E-state index contributed by atoms with van der Waals surface area (Å²) in [5, 5.41) is 25.7. The third kappa shape index (κ3) is 6.17. The van der Waals surface area contributed by atoms with Crippen LogP contribution in [0.4, 0.5) is 10.8 Å². The standard InChI is InChI=1S/C16H19N5O2S3/c1-10-6-12(25-9-17)7-11(2)14(10)19-13(22)8-24-16-21-20-15(26-16)18-4-5-23-3/h6-7H,4-5,8H2,1-3H3,(H,18,20)(H,19,22). The first-order chi connectivity index (χ1) is 12.5. The Labute approximate surface area is 164 Å². The van der Waals surface area contributed by atoms with Gasteiger partial charge in [0.05, 0.1) is 12.4 Å². The van der Waals surface area contributed by atoms with Gasteiger partial charge in [0.25, 0.3) is 0 Å². The molecular formula is C16H19N5O2S3. The number of methoxy groups -OCH3 is 1. The number of anilines is 2. The predicted octanol–water partition coefficient (Wildman–Crippen LogP) is 3.52. The SMILES string of the molecule is COCCNc1nnc(SCC(=O)Nc2c(C)cc(SC#N)cc2C)s1. The van der Waals surface area contributed by atoms with Gasteiger partial charge in [-0.2, -0.15) is 5.26 Å². The number of ether oxygens (including phenoxy) is 1. The van der Waals surface area contributed by atoms with Crippen LogP contribution in [0.15, 0.2) is 21.4 Å². The van der Waals surface area contributed by atoms with Crippen LogP contribution in [0.5, 0.6) is 0 Å². The molecular weight excluding hydrogens is 390 g/mol. The summed E-state index contributed by atoms with van der Waals surface area (Å²) in [7, 11) is 1.64. The predicted molar refractivity (Wildman–Crippen MR) is 107 cm³/mol. The zero-order valence-corrected chi connectivity index (χ0v) is 17.1. The number of benzene rings is 1. The molecule has 138 valence electrons. The fraction of sp³-hybridized carbons (Fsp3) is 0.375. The molecule has 2 rings (SSSR count). The lowest BCUT2D eigenvalue weighted by Crippen LogP contribution is -2.15. The van der Waals surface area contributed by atoms with E-state index in [0.29, 0.717) is 18.3 Å². The van der Waals surface area contributed by atoms with Gasteiger partial charge in [0.15, 0.2) is 4.34 Å². The van der Waals surface area contributed by atoms with E-state index in [2.05, 4.69) is 26.2 Å². The molecule has 0 saturated heterocycles. The van der Waals surface area contributed by atoms with Crippen LogP contribution >= 0.6 is 34.9 Å². The highest BCUT2D eigenvalue weighted by Gasteiger charge is 2.12. The number of aryl methyl sites for hydroxylation is 2. The number of thiocyanates is 1. The monoisotopic (exact) mass is 409 g/mol. The molecule has 0 bridgehead atoms. The Morgan fingerprint density at radius 3 is 2.73 bits per heavy atom. The van der Waals surface area contributed by atoms with E-state index >= 15 is 0 Å². The van der Waals surface area contributed by atoms with E-state index in [1.54, 1.807) is 7.11 Å². The highest BCUT2D eigenvalue weighted by molar-refractivity contribution is 8.03. The van der Waals surface area contributed by atoms with Gasteiger partial charge in [-0.25, -0.2) is 0 Å². The Hall–Kier alpha value is -1.80. The summed E-state index contributed by atoms with van der Waals surface area (Å²) in [6.45, 7) is 5.09. The number of amides is 1. The van der Waals surface area contributed by atoms with Gasteiger partial charge in [0, 0.05) is 24.2 Å². The molecule has 0 atom stereocenters. The molecule has 1 aromatic carbocycles. The van der Waals surface area contributed by atoms with Crippen LogP contribution in [-0.2, 0) is 9.53 Å². The first kappa shape index (κ1) is 20.5. The largest absolute Gasteiger partial charge is 0.383 e. The molecule has 2 aromatic rings. The van der Waals surface area contributed by atoms with Crippen molar-refractivity contribution in [2.45, 2.75) is 23.1 Å². The van der Waals surface area contributed by atoms with E-state index in [9.17, 15) is 4.79 Å². The zero-order chi connectivity index (χ0) is 18.9. The van der Waals surface area contributed by atoms with Gasteiger partial charge in [-0.15, -0.1) is 10.2 Å².